The number of nitriles is 4. The Morgan fingerprint density at radius 3 is 1.91 bits per heavy atom. The molecule has 6 heteroatoms. The van der Waals surface area contributed by atoms with E-state index in [-0.39, 0.29) is 22.3 Å². The van der Waals surface area contributed by atoms with Crippen molar-refractivity contribution in [3.05, 3.63) is 106 Å². The van der Waals surface area contributed by atoms with Crippen molar-refractivity contribution in [2.24, 2.45) is 0 Å². The Morgan fingerprint density at radius 1 is 0.636 bits per heavy atom. The molecule has 2 aliphatic rings. The third kappa shape index (κ3) is 2.70. The first-order valence-corrected chi connectivity index (χ1v) is 9.84. The fourth-order valence-electron chi connectivity index (χ4n) is 4.52. The molecule has 0 unspecified atom stereocenters. The Hall–Kier alpha value is -5.30. The van der Waals surface area contributed by atoms with Gasteiger partial charge in [0.2, 0.25) is 0 Å². The lowest BCUT2D eigenvalue weighted by atomic mass is 9.88. The van der Waals surface area contributed by atoms with Crippen LogP contribution in [-0.4, -0.2) is 4.98 Å². The minimum absolute atomic E-state index is 0.189. The lowest BCUT2D eigenvalue weighted by Gasteiger charge is -2.12. The number of benzene rings is 2. The SMILES string of the molecule is N#CC(C#N)=C1/C(=C2/c3ccccc3-c3ncccc32)C(=C(C#N)C#N)c2cc(F)ccc21. The Kier molecular flexibility index (Phi) is 4.43. The van der Waals surface area contributed by atoms with Crippen LogP contribution in [-0.2, 0) is 0 Å². The normalized spacial score (nSPS) is 14.8. The summed E-state index contributed by atoms with van der Waals surface area (Å²) < 4.78 is 14.3. The molecule has 0 atom stereocenters. The van der Waals surface area contributed by atoms with E-state index in [1.807, 2.05) is 54.6 Å². The van der Waals surface area contributed by atoms with Crippen molar-refractivity contribution < 1.29 is 4.39 Å². The van der Waals surface area contributed by atoms with Gasteiger partial charge in [0.05, 0.1) is 5.69 Å². The second kappa shape index (κ2) is 7.44. The highest BCUT2D eigenvalue weighted by Gasteiger charge is 2.38. The monoisotopic (exact) mass is 423 g/mol. The number of nitrogens with zero attached hydrogens (tertiary/aromatic N) is 5. The molecule has 2 aliphatic carbocycles. The summed E-state index contributed by atoms with van der Waals surface area (Å²) in [6.07, 6.45) is 1.67. The standard InChI is InChI=1S/C27H10FN5/c28-17-7-8-19-22(10-17)24(16(13-31)14-32)26(23(19)15(11-29)12-30)25-18-4-1-2-5-20(18)27-21(25)6-3-9-33-27/h1-10H/b26-25+. The molecule has 2 aromatic carbocycles. The first kappa shape index (κ1) is 19.7. The predicted molar refractivity (Wildman–Crippen MR) is 118 cm³/mol. The van der Waals surface area contributed by atoms with E-state index in [1.54, 1.807) is 12.3 Å². The van der Waals surface area contributed by atoms with E-state index >= 15 is 0 Å². The zero-order valence-electron chi connectivity index (χ0n) is 16.9. The quantitative estimate of drug-likeness (QED) is 0.356. The Labute approximate surface area is 188 Å². The zero-order chi connectivity index (χ0) is 23.1. The highest BCUT2D eigenvalue weighted by Crippen LogP contribution is 2.55. The molecule has 0 amide bonds. The molecule has 0 spiro atoms. The zero-order valence-corrected chi connectivity index (χ0v) is 16.9. The molecule has 5 rings (SSSR count). The van der Waals surface area contributed by atoms with Crippen LogP contribution in [0.25, 0.3) is 28.0 Å². The molecule has 0 saturated heterocycles. The summed E-state index contributed by atoms with van der Waals surface area (Å²) >= 11 is 0. The van der Waals surface area contributed by atoms with E-state index in [0.29, 0.717) is 28.0 Å². The molecule has 33 heavy (non-hydrogen) atoms. The van der Waals surface area contributed by atoms with Crippen LogP contribution >= 0.6 is 0 Å². The molecule has 0 fully saturated rings. The number of hydrogen-bond donors (Lipinski definition) is 0. The average Bonchev–Trinajstić information content (AvgIpc) is 3.34. The van der Waals surface area contributed by atoms with E-state index in [0.717, 1.165) is 16.7 Å². The Balaban J connectivity index is 2.09. The van der Waals surface area contributed by atoms with Gasteiger partial charge in [-0.05, 0) is 34.9 Å². The fourth-order valence-corrected chi connectivity index (χ4v) is 4.52. The summed E-state index contributed by atoms with van der Waals surface area (Å²) in [5.41, 5.74) is 4.88. The number of hydrogen-bond acceptors (Lipinski definition) is 5. The van der Waals surface area contributed by atoms with E-state index in [4.69, 9.17) is 0 Å². The van der Waals surface area contributed by atoms with Gasteiger partial charge in [-0.1, -0.05) is 36.4 Å². The topological polar surface area (TPSA) is 108 Å². The van der Waals surface area contributed by atoms with Gasteiger partial charge >= 0.3 is 0 Å². The van der Waals surface area contributed by atoms with Crippen molar-refractivity contribution >= 4 is 16.7 Å². The number of fused-ring (bicyclic) bond motifs is 4. The second-order valence-corrected chi connectivity index (χ2v) is 7.33. The van der Waals surface area contributed by atoms with Gasteiger partial charge in [-0.15, -0.1) is 0 Å². The van der Waals surface area contributed by atoms with Gasteiger partial charge < -0.3 is 0 Å². The number of rotatable bonds is 0. The van der Waals surface area contributed by atoms with Gasteiger partial charge in [0.15, 0.2) is 0 Å². The smallest absolute Gasteiger partial charge is 0.138 e. The van der Waals surface area contributed by atoms with Gasteiger partial charge in [-0.25, -0.2) is 4.39 Å². The summed E-state index contributed by atoms with van der Waals surface area (Å²) in [4.78, 5) is 4.52. The largest absolute Gasteiger partial charge is 0.256 e. The second-order valence-electron chi connectivity index (χ2n) is 7.33. The maximum Gasteiger partial charge on any atom is 0.138 e. The molecule has 0 bridgehead atoms. The van der Waals surface area contributed by atoms with Crippen LogP contribution in [0.4, 0.5) is 4.39 Å². The molecule has 0 radical (unpaired) electrons. The van der Waals surface area contributed by atoms with Crippen LogP contribution < -0.4 is 0 Å². The van der Waals surface area contributed by atoms with Gasteiger partial charge in [-0.3, -0.25) is 4.98 Å². The van der Waals surface area contributed by atoms with E-state index in [2.05, 4.69) is 4.98 Å². The summed E-state index contributed by atoms with van der Waals surface area (Å²) in [6.45, 7) is 0. The van der Waals surface area contributed by atoms with Crippen LogP contribution in [0.2, 0.25) is 0 Å². The van der Waals surface area contributed by atoms with E-state index < -0.39 is 5.82 Å². The minimum Gasteiger partial charge on any atom is -0.256 e. The molecule has 150 valence electrons. The Morgan fingerprint density at radius 2 is 1.24 bits per heavy atom. The van der Waals surface area contributed by atoms with Gasteiger partial charge in [0.25, 0.3) is 0 Å². The fraction of sp³-hybridized carbons (Fsp3) is 0. The summed E-state index contributed by atoms with van der Waals surface area (Å²) in [7, 11) is 0. The molecule has 1 heterocycles. The number of allylic oxidation sites excluding steroid dienone is 5. The third-order valence-electron chi connectivity index (χ3n) is 5.75. The number of aromatic nitrogens is 1. The predicted octanol–water partition coefficient (Wildman–Crippen LogP) is 5.32. The van der Waals surface area contributed by atoms with Gasteiger partial charge in [0.1, 0.15) is 41.2 Å². The third-order valence-corrected chi connectivity index (χ3v) is 5.75. The summed E-state index contributed by atoms with van der Waals surface area (Å²) in [5.74, 6) is -0.559. The van der Waals surface area contributed by atoms with Crippen molar-refractivity contribution in [1.82, 2.24) is 4.98 Å². The highest BCUT2D eigenvalue weighted by molar-refractivity contribution is 6.21. The van der Waals surface area contributed by atoms with Gasteiger partial charge in [-0.2, -0.15) is 21.0 Å². The lowest BCUT2D eigenvalue weighted by Crippen LogP contribution is -1.95. The van der Waals surface area contributed by atoms with E-state index in [9.17, 15) is 25.4 Å². The van der Waals surface area contributed by atoms with Crippen LogP contribution in [0.1, 0.15) is 22.3 Å². The summed E-state index contributed by atoms with van der Waals surface area (Å²) in [5, 5.41) is 39.1. The molecule has 0 N–H and O–H groups in total. The molecular weight excluding hydrogens is 413 g/mol. The van der Waals surface area contributed by atoms with Crippen LogP contribution in [0.3, 0.4) is 0 Å². The average molecular weight is 423 g/mol. The Bertz CT molecular complexity index is 1580. The first-order chi connectivity index (χ1) is 16.1. The summed E-state index contributed by atoms with van der Waals surface area (Å²) in [6, 6.07) is 22.8. The van der Waals surface area contributed by atoms with E-state index in [1.165, 1.54) is 18.2 Å². The molecule has 3 aromatic rings. The van der Waals surface area contributed by atoms with Crippen molar-refractivity contribution in [2.75, 3.05) is 0 Å². The van der Waals surface area contributed by atoms with Crippen molar-refractivity contribution in [3.8, 4) is 35.5 Å². The van der Waals surface area contributed by atoms with Crippen LogP contribution in [0.15, 0.2) is 77.5 Å². The first-order valence-electron chi connectivity index (χ1n) is 9.84. The maximum absolute atomic E-state index is 14.3. The number of pyridine rings is 1. The van der Waals surface area contributed by atoms with Crippen molar-refractivity contribution in [1.29, 1.82) is 21.0 Å². The van der Waals surface area contributed by atoms with Crippen molar-refractivity contribution in [3.63, 3.8) is 0 Å². The minimum atomic E-state index is -0.559. The molecule has 0 aliphatic heterocycles. The number of halogens is 1. The highest BCUT2D eigenvalue weighted by atomic mass is 19.1. The molecule has 0 saturated carbocycles. The van der Waals surface area contributed by atoms with Crippen LogP contribution in [0.5, 0.6) is 0 Å². The van der Waals surface area contributed by atoms with Crippen LogP contribution in [0, 0.1) is 51.1 Å². The molecule has 5 nitrogen and oxygen atoms in total. The molecular formula is C27H10FN5. The van der Waals surface area contributed by atoms with Crippen molar-refractivity contribution in [2.45, 2.75) is 0 Å². The maximum atomic E-state index is 14.3. The molecule has 1 aromatic heterocycles. The van der Waals surface area contributed by atoms with Gasteiger partial charge in [0, 0.05) is 39.6 Å². The lowest BCUT2D eigenvalue weighted by molar-refractivity contribution is 0.627.